The smallest absolute Gasteiger partial charge is 0.278 e. The topological polar surface area (TPSA) is 79.6 Å². The van der Waals surface area contributed by atoms with E-state index in [1.54, 1.807) is 0 Å². The second-order valence-electron chi connectivity index (χ2n) is 8.22. The Bertz CT molecular complexity index is 1190. The first-order valence-corrected chi connectivity index (χ1v) is 12.0. The number of benzene rings is 1. The van der Waals surface area contributed by atoms with E-state index in [0.29, 0.717) is 23.1 Å². The van der Waals surface area contributed by atoms with E-state index in [9.17, 15) is 9.59 Å². The molecule has 1 N–H and O–H groups in total. The fourth-order valence-electron chi connectivity index (χ4n) is 4.42. The van der Waals surface area contributed by atoms with Gasteiger partial charge >= 0.3 is 0 Å². The molecule has 0 spiro atoms. The molecule has 1 aliphatic carbocycles. The van der Waals surface area contributed by atoms with Crippen molar-refractivity contribution in [3.63, 3.8) is 0 Å². The molecule has 1 fully saturated rings. The number of hydrogen-bond donors (Lipinski definition) is 1. The van der Waals surface area contributed by atoms with Crippen molar-refractivity contribution in [1.29, 1.82) is 0 Å². The highest BCUT2D eigenvalue weighted by Crippen LogP contribution is 2.28. The maximum Gasteiger partial charge on any atom is 0.278 e. The summed E-state index contributed by atoms with van der Waals surface area (Å²) in [6.45, 7) is 1.83. The van der Waals surface area contributed by atoms with Crippen LogP contribution in [0.25, 0.3) is 4.96 Å². The van der Waals surface area contributed by atoms with Gasteiger partial charge in [-0.15, -0.1) is 5.10 Å². The third-order valence-electron chi connectivity index (χ3n) is 6.14. The van der Waals surface area contributed by atoms with Crippen LogP contribution in [0.4, 0.5) is 5.13 Å². The van der Waals surface area contributed by atoms with Gasteiger partial charge in [-0.2, -0.15) is 4.52 Å². The highest BCUT2D eigenvalue weighted by molar-refractivity contribution is 7.20. The first-order chi connectivity index (χ1) is 15.1. The van der Waals surface area contributed by atoms with Gasteiger partial charge in [0.25, 0.3) is 5.56 Å². The number of aromatic nitrogens is 3. The lowest BCUT2D eigenvalue weighted by Gasteiger charge is -2.31. The molecule has 1 amide bonds. The van der Waals surface area contributed by atoms with Crippen molar-refractivity contribution in [3.8, 4) is 0 Å². The van der Waals surface area contributed by atoms with E-state index >= 15 is 0 Å². The van der Waals surface area contributed by atoms with Gasteiger partial charge in [0.1, 0.15) is 0 Å². The van der Waals surface area contributed by atoms with E-state index in [2.05, 4.69) is 15.3 Å². The minimum absolute atomic E-state index is 0.0245. The number of hydrogen-bond acceptors (Lipinski definition) is 6. The van der Waals surface area contributed by atoms with Crippen LogP contribution >= 0.6 is 22.9 Å². The lowest BCUT2D eigenvalue weighted by Crippen LogP contribution is -2.43. The summed E-state index contributed by atoms with van der Waals surface area (Å²) >= 11 is 7.63. The Morgan fingerprint density at radius 1 is 1.23 bits per heavy atom. The van der Waals surface area contributed by atoms with Crippen molar-refractivity contribution in [2.45, 2.75) is 45.1 Å². The summed E-state index contributed by atoms with van der Waals surface area (Å²) in [5.74, 6) is -0.0994. The van der Waals surface area contributed by atoms with Gasteiger partial charge in [0.05, 0.1) is 11.6 Å². The molecule has 0 unspecified atom stereocenters. The number of rotatable bonds is 4. The lowest BCUT2D eigenvalue weighted by molar-refractivity contribution is -0.125. The van der Waals surface area contributed by atoms with E-state index in [4.69, 9.17) is 16.6 Å². The fourth-order valence-corrected chi connectivity index (χ4v) is 5.57. The average molecular weight is 458 g/mol. The van der Waals surface area contributed by atoms with E-state index in [-0.39, 0.29) is 17.4 Å². The van der Waals surface area contributed by atoms with Crippen LogP contribution in [0.2, 0.25) is 5.02 Å². The SMILES string of the molecule is O=C(NCc1ccccc1Cl)[C@@H]1CCCN(c2nn3c(=O)c4c(nc3s2)CCCC4)C1. The predicted molar refractivity (Wildman–Crippen MR) is 122 cm³/mol. The fraction of sp³-hybridized carbons (Fsp3) is 0.455. The molecule has 2 aliphatic rings. The zero-order chi connectivity index (χ0) is 21.4. The number of anilines is 1. The van der Waals surface area contributed by atoms with Gasteiger partial charge in [0.15, 0.2) is 0 Å². The number of amides is 1. The molecule has 0 saturated carbocycles. The molecule has 7 nitrogen and oxygen atoms in total. The number of aryl methyl sites for hydroxylation is 1. The first-order valence-electron chi connectivity index (χ1n) is 10.8. The molecular weight excluding hydrogens is 434 g/mol. The van der Waals surface area contributed by atoms with Crippen LogP contribution in [0, 0.1) is 5.92 Å². The molecule has 3 heterocycles. The van der Waals surface area contributed by atoms with E-state index in [0.717, 1.165) is 67.0 Å². The molecule has 1 saturated heterocycles. The van der Waals surface area contributed by atoms with Gasteiger partial charge in [0, 0.05) is 30.2 Å². The Morgan fingerprint density at radius 2 is 2.06 bits per heavy atom. The molecule has 9 heteroatoms. The molecule has 3 aromatic rings. The number of nitrogens with one attached hydrogen (secondary N) is 1. The minimum Gasteiger partial charge on any atom is -0.352 e. The number of piperidine rings is 1. The highest BCUT2D eigenvalue weighted by atomic mass is 35.5. The second-order valence-corrected chi connectivity index (χ2v) is 9.56. The van der Waals surface area contributed by atoms with Gasteiger partial charge in [-0.1, -0.05) is 41.1 Å². The molecule has 1 aliphatic heterocycles. The Morgan fingerprint density at radius 3 is 2.94 bits per heavy atom. The zero-order valence-corrected chi connectivity index (χ0v) is 18.7. The molecule has 1 atom stereocenters. The van der Waals surface area contributed by atoms with E-state index in [1.165, 1.54) is 15.9 Å². The van der Waals surface area contributed by atoms with Crippen molar-refractivity contribution in [2.75, 3.05) is 18.0 Å². The van der Waals surface area contributed by atoms with Gasteiger partial charge in [-0.05, 0) is 50.2 Å². The lowest BCUT2D eigenvalue weighted by atomic mass is 9.97. The van der Waals surface area contributed by atoms with Crippen molar-refractivity contribution in [3.05, 3.63) is 56.5 Å². The second kappa shape index (κ2) is 8.59. The monoisotopic (exact) mass is 457 g/mol. The Hall–Kier alpha value is -2.45. The standard InChI is InChI=1S/C22H24ClN5O2S/c23-17-9-3-1-6-14(17)12-24-19(29)15-7-5-11-27(13-15)22-26-28-20(30)16-8-2-4-10-18(16)25-21(28)31-22/h1,3,6,9,15H,2,4-5,7-8,10-13H2,(H,24,29)/t15-/m1/s1. The Balaban J connectivity index is 1.31. The number of halogens is 1. The van der Waals surface area contributed by atoms with Crippen molar-refractivity contribution < 1.29 is 4.79 Å². The number of fused-ring (bicyclic) bond motifs is 2. The molecule has 0 radical (unpaired) electrons. The van der Waals surface area contributed by atoms with Crippen LogP contribution in [0.5, 0.6) is 0 Å². The summed E-state index contributed by atoms with van der Waals surface area (Å²) in [5, 5.41) is 9.02. The molecule has 31 heavy (non-hydrogen) atoms. The van der Waals surface area contributed by atoms with E-state index in [1.807, 2.05) is 24.3 Å². The van der Waals surface area contributed by atoms with Crippen LogP contribution in [0.3, 0.4) is 0 Å². The normalized spacial score (nSPS) is 18.7. The Labute approximate surface area is 189 Å². The van der Waals surface area contributed by atoms with Gasteiger partial charge in [-0.25, -0.2) is 4.98 Å². The third-order valence-corrected chi connectivity index (χ3v) is 7.48. The highest BCUT2D eigenvalue weighted by Gasteiger charge is 2.28. The summed E-state index contributed by atoms with van der Waals surface area (Å²) < 4.78 is 1.45. The maximum absolute atomic E-state index is 12.9. The van der Waals surface area contributed by atoms with E-state index < -0.39 is 0 Å². The van der Waals surface area contributed by atoms with Gasteiger partial charge in [-0.3, -0.25) is 9.59 Å². The summed E-state index contributed by atoms with van der Waals surface area (Å²) in [4.78, 5) is 33.1. The van der Waals surface area contributed by atoms with Crippen LogP contribution in [-0.2, 0) is 24.2 Å². The summed E-state index contributed by atoms with van der Waals surface area (Å²) in [5.41, 5.74) is 2.62. The van der Waals surface area contributed by atoms with Crippen LogP contribution < -0.4 is 15.8 Å². The average Bonchev–Trinajstić information content (AvgIpc) is 3.23. The Kier molecular flexibility index (Phi) is 5.67. The third kappa shape index (κ3) is 4.06. The molecule has 5 rings (SSSR count). The molecular formula is C22H24ClN5O2S. The van der Waals surface area contributed by atoms with Gasteiger partial charge < -0.3 is 10.2 Å². The molecule has 1 aromatic carbocycles. The van der Waals surface area contributed by atoms with Crippen molar-refractivity contribution >= 4 is 38.9 Å². The van der Waals surface area contributed by atoms with Crippen LogP contribution in [-0.4, -0.2) is 33.6 Å². The summed E-state index contributed by atoms with van der Waals surface area (Å²) in [7, 11) is 0. The zero-order valence-electron chi connectivity index (χ0n) is 17.1. The quantitative estimate of drug-likeness (QED) is 0.650. The van der Waals surface area contributed by atoms with Crippen LogP contribution in [0.1, 0.15) is 42.5 Å². The molecule has 2 aromatic heterocycles. The van der Waals surface area contributed by atoms with Crippen LogP contribution in [0.15, 0.2) is 29.1 Å². The molecule has 0 bridgehead atoms. The minimum atomic E-state index is -0.124. The molecule has 162 valence electrons. The first kappa shape index (κ1) is 20.5. The summed E-state index contributed by atoms with van der Waals surface area (Å²) in [6, 6.07) is 7.53. The number of nitrogens with zero attached hydrogens (tertiary/aromatic N) is 4. The largest absolute Gasteiger partial charge is 0.352 e. The van der Waals surface area contributed by atoms with Crippen molar-refractivity contribution in [2.24, 2.45) is 5.92 Å². The summed E-state index contributed by atoms with van der Waals surface area (Å²) in [6.07, 6.45) is 5.50. The van der Waals surface area contributed by atoms with Crippen molar-refractivity contribution in [1.82, 2.24) is 19.9 Å². The number of carbonyl (C=O) groups excluding carboxylic acids is 1. The maximum atomic E-state index is 12.9. The van der Waals surface area contributed by atoms with Gasteiger partial charge in [0.2, 0.25) is 16.0 Å². The number of carbonyl (C=O) groups is 1. The predicted octanol–water partition coefficient (Wildman–Crippen LogP) is 3.22.